The lowest BCUT2D eigenvalue weighted by molar-refractivity contribution is 0.0548. The average molecular weight is 327 g/mol. The van der Waals surface area contributed by atoms with Crippen LogP contribution >= 0.6 is 15.9 Å². The quantitative estimate of drug-likeness (QED) is 0.566. The summed E-state index contributed by atoms with van der Waals surface area (Å²) in [6.45, 7) is 0.730. The molecular weight excluding hydrogens is 312 g/mol. The Labute approximate surface area is 128 Å². The van der Waals surface area contributed by atoms with E-state index in [1.165, 1.54) is 0 Å². The second-order valence-electron chi connectivity index (χ2n) is 4.82. The second-order valence-corrected chi connectivity index (χ2v) is 5.93. The van der Waals surface area contributed by atoms with Gasteiger partial charge in [-0.25, -0.2) is 0 Å². The van der Waals surface area contributed by atoms with Gasteiger partial charge in [-0.05, 0) is 24.1 Å². The van der Waals surface area contributed by atoms with Gasteiger partial charge >= 0.3 is 0 Å². The highest BCUT2D eigenvalue weighted by molar-refractivity contribution is 9.09. The Bertz CT molecular complexity index is 627. The van der Waals surface area contributed by atoms with Gasteiger partial charge in [-0.15, -0.1) is 0 Å². The lowest BCUT2D eigenvalue weighted by Gasteiger charge is -2.26. The fourth-order valence-corrected chi connectivity index (χ4v) is 3.14. The van der Waals surface area contributed by atoms with Crippen molar-refractivity contribution in [1.29, 1.82) is 0 Å². The largest absolute Gasteiger partial charge is 0.357 e. The summed E-state index contributed by atoms with van der Waals surface area (Å²) in [5.41, 5.74) is 1.58. The molecule has 3 rings (SSSR count). The van der Waals surface area contributed by atoms with Crippen molar-refractivity contribution in [3.05, 3.63) is 71.8 Å². The van der Waals surface area contributed by atoms with E-state index in [1.54, 1.807) is 0 Å². The van der Waals surface area contributed by atoms with Gasteiger partial charge in [0.1, 0.15) is 0 Å². The third-order valence-electron chi connectivity index (χ3n) is 3.51. The topological polar surface area (TPSA) is 9.23 Å². The van der Waals surface area contributed by atoms with Crippen LogP contribution in [-0.4, -0.2) is 11.4 Å². The van der Waals surface area contributed by atoms with E-state index in [9.17, 15) is 0 Å². The molecule has 0 N–H and O–H groups in total. The van der Waals surface area contributed by atoms with Crippen LogP contribution in [0, 0.1) is 11.8 Å². The predicted molar refractivity (Wildman–Crippen MR) is 84.7 cm³/mol. The molecule has 1 aliphatic heterocycles. The normalized spacial score (nSPS) is 24.9. The average Bonchev–Trinajstić information content (AvgIpc) is 2.89. The van der Waals surface area contributed by atoms with E-state index in [-0.39, 0.29) is 4.83 Å². The maximum absolute atomic E-state index is 6.04. The van der Waals surface area contributed by atoms with Crippen molar-refractivity contribution < 1.29 is 4.74 Å². The minimum Gasteiger partial charge on any atom is -0.357 e. The van der Waals surface area contributed by atoms with Crippen LogP contribution in [0.2, 0.25) is 0 Å². The Hall–Kier alpha value is -1.56. The van der Waals surface area contributed by atoms with Crippen LogP contribution in [0.4, 0.5) is 0 Å². The summed E-state index contributed by atoms with van der Waals surface area (Å²) in [7, 11) is 0. The first-order chi connectivity index (χ1) is 9.81. The van der Waals surface area contributed by atoms with Crippen LogP contribution in [0.15, 0.2) is 60.7 Å². The molecule has 0 amide bonds. The second kappa shape index (κ2) is 5.83. The Kier molecular flexibility index (Phi) is 3.91. The zero-order valence-corrected chi connectivity index (χ0v) is 12.6. The molecule has 2 heteroatoms. The fourth-order valence-electron chi connectivity index (χ4n) is 2.44. The molecule has 2 aromatic rings. The van der Waals surface area contributed by atoms with Gasteiger partial charge in [0.2, 0.25) is 0 Å². The zero-order chi connectivity index (χ0) is 13.8. The van der Waals surface area contributed by atoms with Gasteiger partial charge in [-0.3, -0.25) is 0 Å². The number of hydrogen-bond acceptors (Lipinski definition) is 1. The molecule has 2 atom stereocenters. The standard InChI is InChI=1S/C18H15BrO/c19-17-12-14-20-18(17,16-9-5-2-6-10-16)13-11-15-7-3-1-4-8-15/h1-10,17H,12,14H2/t17-,18+/m1/s1. The third-order valence-corrected chi connectivity index (χ3v) is 4.61. The van der Waals surface area contributed by atoms with E-state index >= 15 is 0 Å². The maximum Gasteiger partial charge on any atom is 0.166 e. The summed E-state index contributed by atoms with van der Waals surface area (Å²) in [6.07, 6.45) is 0.971. The third kappa shape index (κ3) is 2.52. The van der Waals surface area contributed by atoms with E-state index in [1.807, 2.05) is 48.5 Å². The first-order valence-corrected chi connectivity index (χ1v) is 7.64. The molecule has 20 heavy (non-hydrogen) atoms. The SMILES string of the molecule is Br[C@@H]1CCO[C@@]1(C#Cc1ccccc1)c1ccccc1. The monoisotopic (exact) mass is 326 g/mol. The van der Waals surface area contributed by atoms with Crippen molar-refractivity contribution in [2.75, 3.05) is 6.61 Å². The number of hydrogen-bond donors (Lipinski definition) is 0. The summed E-state index contributed by atoms with van der Waals surface area (Å²) in [5, 5.41) is 0. The molecule has 0 aromatic heterocycles. The lowest BCUT2D eigenvalue weighted by atomic mass is 9.91. The summed E-state index contributed by atoms with van der Waals surface area (Å²) in [5.74, 6) is 6.61. The van der Waals surface area contributed by atoms with Crippen molar-refractivity contribution in [1.82, 2.24) is 0 Å². The molecule has 1 saturated heterocycles. The van der Waals surface area contributed by atoms with Gasteiger partial charge in [0.25, 0.3) is 0 Å². The van der Waals surface area contributed by atoms with Crippen molar-refractivity contribution in [2.45, 2.75) is 16.8 Å². The van der Waals surface area contributed by atoms with Gasteiger partial charge < -0.3 is 4.74 Å². The number of alkyl halides is 1. The molecule has 1 aliphatic rings. The Morgan fingerprint density at radius 2 is 1.65 bits per heavy atom. The van der Waals surface area contributed by atoms with E-state index in [4.69, 9.17) is 4.74 Å². The van der Waals surface area contributed by atoms with Crippen molar-refractivity contribution in [3.8, 4) is 11.8 Å². The van der Waals surface area contributed by atoms with Gasteiger partial charge in [0.05, 0.1) is 11.4 Å². The van der Waals surface area contributed by atoms with E-state index in [0.717, 1.165) is 24.2 Å². The maximum atomic E-state index is 6.04. The molecule has 0 bridgehead atoms. The highest BCUT2D eigenvalue weighted by Crippen LogP contribution is 2.40. The van der Waals surface area contributed by atoms with Crippen molar-refractivity contribution in [2.24, 2.45) is 0 Å². The van der Waals surface area contributed by atoms with Gasteiger partial charge in [-0.2, -0.15) is 0 Å². The Balaban J connectivity index is 2.03. The minimum absolute atomic E-state index is 0.216. The zero-order valence-electron chi connectivity index (χ0n) is 11.1. The van der Waals surface area contributed by atoms with Crippen LogP contribution in [0.1, 0.15) is 17.5 Å². The van der Waals surface area contributed by atoms with Gasteiger partial charge in [0, 0.05) is 5.56 Å². The summed E-state index contributed by atoms with van der Waals surface area (Å²) in [4.78, 5) is 0.216. The van der Waals surface area contributed by atoms with Crippen LogP contribution in [0.5, 0.6) is 0 Å². The lowest BCUT2D eigenvalue weighted by Crippen LogP contribution is -2.31. The van der Waals surface area contributed by atoms with Crippen LogP contribution < -0.4 is 0 Å². The molecule has 1 fully saturated rings. The number of rotatable bonds is 1. The molecule has 1 nitrogen and oxygen atoms in total. The fraction of sp³-hybridized carbons (Fsp3) is 0.222. The van der Waals surface area contributed by atoms with Crippen LogP contribution in [-0.2, 0) is 10.3 Å². The summed E-state index contributed by atoms with van der Waals surface area (Å²) in [6, 6.07) is 20.3. The molecule has 100 valence electrons. The molecule has 0 spiro atoms. The summed E-state index contributed by atoms with van der Waals surface area (Å²) >= 11 is 3.74. The highest BCUT2D eigenvalue weighted by atomic mass is 79.9. The Morgan fingerprint density at radius 1 is 1.00 bits per heavy atom. The van der Waals surface area contributed by atoms with Gasteiger partial charge in [0.15, 0.2) is 5.60 Å². The van der Waals surface area contributed by atoms with Crippen molar-refractivity contribution in [3.63, 3.8) is 0 Å². The van der Waals surface area contributed by atoms with Crippen molar-refractivity contribution >= 4 is 15.9 Å². The molecule has 1 heterocycles. The van der Waals surface area contributed by atoms with E-state index in [0.29, 0.717) is 0 Å². The van der Waals surface area contributed by atoms with Crippen LogP contribution in [0.25, 0.3) is 0 Å². The first-order valence-electron chi connectivity index (χ1n) is 6.73. The molecule has 0 radical (unpaired) electrons. The Morgan fingerprint density at radius 3 is 2.25 bits per heavy atom. The minimum atomic E-state index is -0.545. The molecular formula is C18H15BrO. The molecule has 2 aromatic carbocycles. The molecule has 0 saturated carbocycles. The smallest absolute Gasteiger partial charge is 0.166 e. The number of benzene rings is 2. The molecule has 0 unspecified atom stereocenters. The van der Waals surface area contributed by atoms with E-state index in [2.05, 4.69) is 39.9 Å². The number of ether oxygens (including phenoxy) is 1. The number of halogens is 1. The predicted octanol–water partition coefficient (Wildman–Crippen LogP) is 4.12. The summed E-state index contributed by atoms with van der Waals surface area (Å²) < 4.78 is 6.04. The van der Waals surface area contributed by atoms with E-state index < -0.39 is 5.60 Å². The highest BCUT2D eigenvalue weighted by Gasteiger charge is 2.43. The van der Waals surface area contributed by atoms with Crippen LogP contribution in [0.3, 0.4) is 0 Å². The molecule has 0 aliphatic carbocycles. The van der Waals surface area contributed by atoms with Gasteiger partial charge in [-0.1, -0.05) is 76.3 Å². The first kappa shape index (κ1) is 13.4.